The highest BCUT2D eigenvalue weighted by Crippen LogP contribution is 2.30. The molecule has 0 heterocycles. The standard InChI is InChI=1S/C13H6Cl3NO/c14-9-3-10(15)5-12(4-9)18-11-2-1-8(7-17)13(16)6-11/h1-6H. The molecule has 0 amide bonds. The molecule has 0 saturated carbocycles. The van der Waals surface area contributed by atoms with Crippen LogP contribution in [-0.2, 0) is 0 Å². The van der Waals surface area contributed by atoms with Gasteiger partial charge in [-0.15, -0.1) is 0 Å². The Balaban J connectivity index is 2.29. The van der Waals surface area contributed by atoms with Crippen LogP contribution in [0.1, 0.15) is 5.56 Å². The van der Waals surface area contributed by atoms with Gasteiger partial charge in [-0.1, -0.05) is 34.8 Å². The number of ether oxygens (including phenoxy) is 1. The van der Waals surface area contributed by atoms with Gasteiger partial charge in [0.15, 0.2) is 0 Å². The average Bonchev–Trinajstić information content (AvgIpc) is 2.27. The van der Waals surface area contributed by atoms with Crippen molar-refractivity contribution >= 4 is 34.8 Å². The van der Waals surface area contributed by atoms with Gasteiger partial charge in [0.2, 0.25) is 0 Å². The molecule has 0 N–H and O–H groups in total. The van der Waals surface area contributed by atoms with E-state index in [0.717, 1.165) is 0 Å². The van der Waals surface area contributed by atoms with Crippen LogP contribution in [-0.4, -0.2) is 0 Å². The van der Waals surface area contributed by atoms with E-state index in [1.807, 2.05) is 6.07 Å². The molecule has 18 heavy (non-hydrogen) atoms. The minimum Gasteiger partial charge on any atom is -0.457 e. The molecule has 0 radical (unpaired) electrons. The lowest BCUT2D eigenvalue weighted by Gasteiger charge is -2.07. The molecule has 0 bridgehead atoms. The third-order valence-corrected chi connectivity index (χ3v) is 2.88. The van der Waals surface area contributed by atoms with Gasteiger partial charge in [0.05, 0.1) is 10.6 Å². The van der Waals surface area contributed by atoms with Crippen LogP contribution >= 0.6 is 34.8 Å². The fourth-order valence-electron chi connectivity index (χ4n) is 1.37. The fourth-order valence-corrected chi connectivity index (χ4v) is 2.09. The number of benzene rings is 2. The molecule has 0 aliphatic carbocycles. The first-order chi connectivity index (χ1) is 8.58. The normalized spacial score (nSPS) is 9.89. The minimum absolute atomic E-state index is 0.336. The molecular weight excluding hydrogens is 293 g/mol. The van der Waals surface area contributed by atoms with Crippen molar-refractivity contribution in [2.45, 2.75) is 0 Å². The van der Waals surface area contributed by atoms with Crippen molar-refractivity contribution < 1.29 is 4.74 Å². The van der Waals surface area contributed by atoms with Crippen LogP contribution in [0.2, 0.25) is 15.1 Å². The Morgan fingerprint density at radius 2 is 1.56 bits per heavy atom. The van der Waals surface area contributed by atoms with E-state index < -0.39 is 0 Å². The summed E-state index contributed by atoms with van der Waals surface area (Å²) in [7, 11) is 0. The van der Waals surface area contributed by atoms with Crippen molar-refractivity contribution in [3.05, 3.63) is 57.0 Å². The highest BCUT2D eigenvalue weighted by atomic mass is 35.5. The Bertz CT molecular complexity index is 614. The smallest absolute Gasteiger partial charge is 0.130 e. The quantitative estimate of drug-likeness (QED) is 0.752. The summed E-state index contributed by atoms with van der Waals surface area (Å²) >= 11 is 17.6. The predicted octanol–water partition coefficient (Wildman–Crippen LogP) is 5.31. The summed E-state index contributed by atoms with van der Waals surface area (Å²) < 4.78 is 5.56. The zero-order valence-corrected chi connectivity index (χ0v) is 11.2. The lowest BCUT2D eigenvalue weighted by molar-refractivity contribution is 0.483. The summed E-state index contributed by atoms with van der Waals surface area (Å²) in [6, 6.07) is 11.7. The number of halogens is 3. The lowest BCUT2D eigenvalue weighted by atomic mass is 10.2. The summed E-state index contributed by atoms with van der Waals surface area (Å²) in [6.45, 7) is 0. The van der Waals surface area contributed by atoms with E-state index in [2.05, 4.69) is 0 Å². The van der Waals surface area contributed by atoms with Crippen LogP contribution in [0.5, 0.6) is 11.5 Å². The average molecular weight is 299 g/mol. The second kappa shape index (κ2) is 5.49. The number of nitrogens with zero attached hydrogens (tertiary/aromatic N) is 1. The van der Waals surface area contributed by atoms with E-state index in [0.29, 0.717) is 32.1 Å². The van der Waals surface area contributed by atoms with Crippen LogP contribution < -0.4 is 4.74 Å². The topological polar surface area (TPSA) is 33.0 Å². The maximum Gasteiger partial charge on any atom is 0.130 e. The number of hydrogen-bond acceptors (Lipinski definition) is 2. The van der Waals surface area contributed by atoms with Crippen molar-refractivity contribution in [1.82, 2.24) is 0 Å². The van der Waals surface area contributed by atoms with Gasteiger partial charge in [-0.25, -0.2) is 0 Å². The van der Waals surface area contributed by atoms with Gasteiger partial charge in [0.1, 0.15) is 17.6 Å². The molecule has 0 saturated heterocycles. The highest BCUT2D eigenvalue weighted by Gasteiger charge is 2.04. The molecule has 5 heteroatoms. The number of hydrogen-bond donors (Lipinski definition) is 0. The summed E-state index contributed by atoms with van der Waals surface area (Å²) in [5, 5.41) is 10.1. The van der Waals surface area contributed by atoms with Gasteiger partial charge >= 0.3 is 0 Å². The first-order valence-electron chi connectivity index (χ1n) is 4.92. The molecule has 2 rings (SSSR count). The Hall–Kier alpha value is -1.40. The van der Waals surface area contributed by atoms with Crippen LogP contribution in [0.3, 0.4) is 0 Å². The van der Waals surface area contributed by atoms with Crippen LogP contribution in [0, 0.1) is 11.3 Å². The van der Waals surface area contributed by atoms with Crippen LogP contribution in [0.4, 0.5) is 0 Å². The molecule has 0 atom stereocenters. The van der Waals surface area contributed by atoms with Crippen molar-refractivity contribution in [3.63, 3.8) is 0 Å². The van der Waals surface area contributed by atoms with Gasteiger partial charge in [0.25, 0.3) is 0 Å². The Morgan fingerprint density at radius 1 is 0.889 bits per heavy atom. The molecule has 0 aliphatic heterocycles. The third kappa shape index (κ3) is 3.08. The van der Waals surface area contributed by atoms with Gasteiger partial charge in [-0.05, 0) is 30.3 Å². The van der Waals surface area contributed by atoms with Crippen LogP contribution in [0.15, 0.2) is 36.4 Å². The number of nitriles is 1. The van der Waals surface area contributed by atoms with E-state index in [1.54, 1.807) is 36.4 Å². The molecule has 0 aromatic heterocycles. The van der Waals surface area contributed by atoms with E-state index in [-0.39, 0.29) is 0 Å². The summed E-state index contributed by atoms with van der Waals surface area (Å²) in [5.74, 6) is 1.02. The molecular formula is C13H6Cl3NO. The van der Waals surface area contributed by atoms with Gasteiger partial charge in [0, 0.05) is 16.1 Å². The SMILES string of the molecule is N#Cc1ccc(Oc2cc(Cl)cc(Cl)c2)cc1Cl. The van der Waals surface area contributed by atoms with Crippen molar-refractivity contribution in [1.29, 1.82) is 5.26 Å². The fraction of sp³-hybridized carbons (Fsp3) is 0. The van der Waals surface area contributed by atoms with Crippen molar-refractivity contribution in [2.24, 2.45) is 0 Å². The molecule has 0 unspecified atom stereocenters. The molecule has 0 aliphatic rings. The Morgan fingerprint density at radius 3 is 2.11 bits per heavy atom. The summed E-state index contributed by atoms with van der Waals surface area (Å²) in [5.41, 5.74) is 0.396. The second-order valence-electron chi connectivity index (χ2n) is 3.46. The van der Waals surface area contributed by atoms with E-state index in [1.165, 1.54) is 0 Å². The maximum absolute atomic E-state index is 8.76. The third-order valence-electron chi connectivity index (χ3n) is 2.13. The Kier molecular flexibility index (Phi) is 3.98. The second-order valence-corrected chi connectivity index (χ2v) is 4.74. The van der Waals surface area contributed by atoms with Crippen molar-refractivity contribution in [2.75, 3.05) is 0 Å². The van der Waals surface area contributed by atoms with E-state index in [9.17, 15) is 0 Å². The molecule has 0 fully saturated rings. The first-order valence-corrected chi connectivity index (χ1v) is 6.05. The van der Waals surface area contributed by atoms with Crippen LogP contribution in [0.25, 0.3) is 0 Å². The molecule has 0 spiro atoms. The first kappa shape index (κ1) is 13.0. The largest absolute Gasteiger partial charge is 0.457 e. The van der Waals surface area contributed by atoms with Gasteiger partial charge in [-0.3, -0.25) is 0 Å². The van der Waals surface area contributed by atoms with Gasteiger partial charge in [-0.2, -0.15) is 5.26 Å². The number of rotatable bonds is 2. The monoisotopic (exact) mass is 297 g/mol. The van der Waals surface area contributed by atoms with Crippen molar-refractivity contribution in [3.8, 4) is 17.6 Å². The predicted molar refractivity (Wildman–Crippen MR) is 72.7 cm³/mol. The van der Waals surface area contributed by atoms with E-state index in [4.69, 9.17) is 44.8 Å². The minimum atomic E-state index is 0.336. The molecule has 2 aromatic carbocycles. The summed E-state index contributed by atoms with van der Waals surface area (Å²) in [6.07, 6.45) is 0. The molecule has 2 aromatic rings. The zero-order valence-electron chi connectivity index (χ0n) is 8.95. The van der Waals surface area contributed by atoms with E-state index >= 15 is 0 Å². The Labute approximate surface area is 119 Å². The summed E-state index contributed by atoms with van der Waals surface area (Å²) in [4.78, 5) is 0. The highest BCUT2D eigenvalue weighted by molar-refractivity contribution is 6.34. The maximum atomic E-state index is 8.76. The van der Waals surface area contributed by atoms with Gasteiger partial charge < -0.3 is 4.74 Å². The molecule has 2 nitrogen and oxygen atoms in total. The molecule has 90 valence electrons. The lowest BCUT2D eigenvalue weighted by Crippen LogP contribution is -1.86. The zero-order chi connectivity index (χ0) is 13.1.